The lowest BCUT2D eigenvalue weighted by atomic mass is 9.83. The zero-order valence-electron chi connectivity index (χ0n) is 22.5. The maximum Gasteiger partial charge on any atom is 0.232 e. The van der Waals surface area contributed by atoms with Gasteiger partial charge in [-0.05, 0) is 66.2 Å². The van der Waals surface area contributed by atoms with Crippen LogP contribution >= 0.6 is 0 Å². The summed E-state index contributed by atoms with van der Waals surface area (Å²) in [6, 6.07) is 10.5. The summed E-state index contributed by atoms with van der Waals surface area (Å²) in [5.74, 6) is 2.89. The maximum absolute atomic E-state index is 13.7. The molecule has 5 nitrogen and oxygen atoms in total. The highest BCUT2D eigenvalue weighted by atomic mass is 16.5. The van der Waals surface area contributed by atoms with Crippen LogP contribution in [0.5, 0.6) is 11.5 Å². The van der Waals surface area contributed by atoms with Gasteiger partial charge in [0.25, 0.3) is 0 Å². The number of aryl methyl sites for hydroxylation is 1. The van der Waals surface area contributed by atoms with Crippen molar-refractivity contribution in [3.8, 4) is 11.5 Å². The minimum atomic E-state index is -0.229. The first-order chi connectivity index (χ1) is 17.4. The number of carbonyl (C=O) groups is 1. The number of benzene rings is 2. The monoisotopic (exact) mass is 489 g/mol. The second-order valence-electron chi connectivity index (χ2n) is 10.1. The molecule has 1 aliphatic heterocycles. The first kappa shape index (κ1) is 25.9. The summed E-state index contributed by atoms with van der Waals surface area (Å²) in [7, 11) is 3.36. The van der Waals surface area contributed by atoms with Crippen molar-refractivity contribution in [1.82, 2.24) is 4.90 Å². The van der Waals surface area contributed by atoms with Gasteiger partial charge in [-0.2, -0.15) is 0 Å². The minimum absolute atomic E-state index is 0.1000. The molecule has 2 aromatic rings. The highest BCUT2D eigenvalue weighted by molar-refractivity contribution is 5.85. The normalized spacial score (nSPS) is 17.5. The summed E-state index contributed by atoms with van der Waals surface area (Å²) < 4.78 is 17.5. The molecule has 1 aliphatic carbocycles. The van der Waals surface area contributed by atoms with E-state index in [9.17, 15) is 4.79 Å². The molecular weight excluding hydrogens is 450 g/mol. The van der Waals surface area contributed by atoms with Crippen LogP contribution < -0.4 is 9.47 Å². The van der Waals surface area contributed by atoms with Gasteiger partial charge < -0.3 is 19.1 Å². The predicted octanol–water partition coefficient (Wildman–Crippen LogP) is 6.67. The van der Waals surface area contributed by atoms with Crippen LogP contribution in [0.2, 0.25) is 0 Å². The van der Waals surface area contributed by atoms with Crippen molar-refractivity contribution >= 4 is 5.91 Å². The Morgan fingerprint density at radius 3 is 2.39 bits per heavy atom. The average molecular weight is 490 g/mol. The summed E-state index contributed by atoms with van der Waals surface area (Å²) in [5, 5.41) is 0. The van der Waals surface area contributed by atoms with Gasteiger partial charge in [0.15, 0.2) is 11.5 Å². The lowest BCUT2D eigenvalue weighted by molar-refractivity contribution is -0.131. The van der Waals surface area contributed by atoms with E-state index in [1.54, 1.807) is 14.2 Å². The second kappa shape index (κ2) is 11.2. The topological polar surface area (TPSA) is 48.0 Å². The Hall–Kier alpha value is -3.21. The molecule has 0 bridgehead atoms. The van der Waals surface area contributed by atoms with Gasteiger partial charge in [0.05, 0.1) is 39.0 Å². The van der Waals surface area contributed by atoms with Gasteiger partial charge in [0, 0.05) is 17.7 Å². The van der Waals surface area contributed by atoms with E-state index in [1.165, 1.54) is 5.56 Å². The summed E-state index contributed by atoms with van der Waals surface area (Å²) in [4.78, 5) is 15.7. The molecule has 5 heteroatoms. The lowest BCUT2D eigenvalue weighted by Crippen LogP contribution is -2.41. The van der Waals surface area contributed by atoms with Crippen LogP contribution in [-0.2, 0) is 22.4 Å². The van der Waals surface area contributed by atoms with Crippen LogP contribution in [0.25, 0.3) is 0 Å². The second-order valence-corrected chi connectivity index (χ2v) is 10.1. The molecule has 4 rings (SSSR count). The molecule has 0 fully saturated rings. The smallest absolute Gasteiger partial charge is 0.232 e. The van der Waals surface area contributed by atoms with E-state index >= 15 is 0 Å². The Morgan fingerprint density at radius 1 is 1.06 bits per heavy atom. The van der Waals surface area contributed by atoms with Gasteiger partial charge in [-0.1, -0.05) is 51.5 Å². The van der Waals surface area contributed by atoms with Crippen molar-refractivity contribution in [3.05, 3.63) is 81.8 Å². The number of hydrogen-bond acceptors (Lipinski definition) is 4. The number of fused-ring (bicyclic) bond motifs is 1. The van der Waals surface area contributed by atoms with Crippen LogP contribution in [0, 0.1) is 12.8 Å². The van der Waals surface area contributed by atoms with E-state index in [4.69, 9.17) is 14.2 Å². The first-order valence-electron chi connectivity index (χ1n) is 13.1. The van der Waals surface area contributed by atoms with Crippen molar-refractivity contribution in [2.75, 3.05) is 20.8 Å². The van der Waals surface area contributed by atoms with Crippen molar-refractivity contribution in [2.24, 2.45) is 5.92 Å². The molecule has 0 spiro atoms. The third-order valence-electron chi connectivity index (χ3n) is 7.04. The summed E-state index contributed by atoms with van der Waals surface area (Å²) in [6.45, 7) is 9.17. The third kappa shape index (κ3) is 5.16. The molecule has 0 aromatic heterocycles. The van der Waals surface area contributed by atoms with Crippen molar-refractivity contribution in [2.45, 2.75) is 65.8 Å². The molecule has 1 unspecified atom stereocenters. The fraction of sp³-hybridized carbons (Fsp3) is 0.452. The van der Waals surface area contributed by atoms with Crippen LogP contribution in [-0.4, -0.2) is 31.6 Å². The molecule has 2 aliphatic rings. The number of allylic oxidation sites excluding steroid dienone is 4. The van der Waals surface area contributed by atoms with E-state index in [0.717, 1.165) is 65.1 Å². The lowest BCUT2D eigenvalue weighted by Gasteiger charge is -2.41. The SMILES string of the molecule is CCCc1ccc(C2c3c(cc(OC)c(OCC(C)C)c3C)CC(=O)N2C2=CC=C(OC)CC2)cc1. The molecule has 1 amide bonds. The van der Waals surface area contributed by atoms with Crippen LogP contribution in [0.4, 0.5) is 0 Å². The number of methoxy groups -OCH3 is 2. The summed E-state index contributed by atoms with van der Waals surface area (Å²) >= 11 is 0. The molecule has 36 heavy (non-hydrogen) atoms. The van der Waals surface area contributed by atoms with Gasteiger partial charge in [-0.25, -0.2) is 0 Å². The molecule has 1 atom stereocenters. The van der Waals surface area contributed by atoms with Crippen LogP contribution in [0.15, 0.2) is 53.9 Å². The highest BCUT2D eigenvalue weighted by Crippen LogP contribution is 2.47. The number of ether oxygens (including phenoxy) is 3. The number of hydrogen-bond donors (Lipinski definition) is 0. The molecule has 0 saturated heterocycles. The van der Waals surface area contributed by atoms with Crippen LogP contribution in [0.3, 0.4) is 0 Å². The fourth-order valence-electron chi connectivity index (χ4n) is 5.25. The van der Waals surface area contributed by atoms with E-state index in [-0.39, 0.29) is 11.9 Å². The van der Waals surface area contributed by atoms with Crippen molar-refractivity contribution in [3.63, 3.8) is 0 Å². The van der Waals surface area contributed by atoms with E-state index in [2.05, 4.69) is 52.0 Å². The average Bonchev–Trinajstić information content (AvgIpc) is 2.88. The van der Waals surface area contributed by atoms with Gasteiger partial charge >= 0.3 is 0 Å². The molecule has 0 saturated carbocycles. The molecule has 1 heterocycles. The largest absolute Gasteiger partial charge is 0.501 e. The molecule has 0 N–H and O–H groups in total. The molecule has 192 valence electrons. The van der Waals surface area contributed by atoms with Crippen LogP contribution in [0.1, 0.15) is 73.9 Å². The Bertz CT molecular complexity index is 1160. The Morgan fingerprint density at radius 2 is 1.81 bits per heavy atom. The van der Waals surface area contributed by atoms with Crippen molar-refractivity contribution < 1.29 is 19.0 Å². The Balaban J connectivity index is 1.89. The summed E-state index contributed by atoms with van der Waals surface area (Å²) in [6.07, 6.45) is 8.05. The third-order valence-corrected chi connectivity index (χ3v) is 7.04. The minimum Gasteiger partial charge on any atom is -0.501 e. The van der Waals surface area contributed by atoms with Crippen molar-refractivity contribution in [1.29, 1.82) is 0 Å². The maximum atomic E-state index is 13.7. The fourth-order valence-corrected chi connectivity index (χ4v) is 5.25. The Kier molecular flexibility index (Phi) is 8.07. The standard InChI is InChI=1S/C31H39NO4/c1-7-8-22-9-11-23(12-10-22)30-29-21(4)31(36-19-20(2)3)27(35-6)17-24(29)18-28(33)32(30)25-13-15-26(34-5)16-14-25/h9-13,15,17,20,30H,7-8,14,16,18-19H2,1-6H3. The Labute approximate surface area is 215 Å². The van der Waals surface area contributed by atoms with E-state index in [0.29, 0.717) is 24.7 Å². The quantitative estimate of drug-likeness (QED) is 0.395. The first-order valence-corrected chi connectivity index (χ1v) is 13.1. The van der Waals surface area contributed by atoms with E-state index in [1.807, 2.05) is 23.1 Å². The van der Waals surface area contributed by atoms with Gasteiger partial charge in [-0.15, -0.1) is 0 Å². The number of rotatable bonds is 9. The molecular formula is C31H39NO4. The molecule has 2 aromatic carbocycles. The highest BCUT2D eigenvalue weighted by Gasteiger charge is 2.38. The number of carbonyl (C=O) groups excluding carboxylic acids is 1. The van der Waals surface area contributed by atoms with Gasteiger partial charge in [0.1, 0.15) is 0 Å². The summed E-state index contributed by atoms with van der Waals surface area (Å²) in [5.41, 5.74) is 6.62. The number of nitrogens with zero attached hydrogens (tertiary/aromatic N) is 1. The predicted molar refractivity (Wildman–Crippen MR) is 143 cm³/mol. The zero-order chi connectivity index (χ0) is 25.8. The molecule has 0 radical (unpaired) electrons. The van der Waals surface area contributed by atoms with Gasteiger partial charge in [-0.3, -0.25) is 4.79 Å². The van der Waals surface area contributed by atoms with Gasteiger partial charge in [0.2, 0.25) is 5.91 Å². The zero-order valence-corrected chi connectivity index (χ0v) is 22.5. The number of amides is 1. The van der Waals surface area contributed by atoms with E-state index < -0.39 is 0 Å².